The minimum Gasteiger partial charge on any atom is -0.497 e. The smallest absolute Gasteiger partial charge is 0.255 e. The van der Waals surface area contributed by atoms with Crippen molar-refractivity contribution in [2.45, 2.75) is 37.8 Å². The molecule has 0 saturated heterocycles. The summed E-state index contributed by atoms with van der Waals surface area (Å²) in [6, 6.07) is 17.8. The molecule has 0 aliphatic heterocycles. The highest BCUT2D eigenvalue weighted by molar-refractivity contribution is 6.00. The fourth-order valence-corrected chi connectivity index (χ4v) is 3.74. The average Bonchev–Trinajstić information content (AvgIpc) is 3.22. The van der Waals surface area contributed by atoms with Crippen molar-refractivity contribution < 1.29 is 9.53 Å². The van der Waals surface area contributed by atoms with Gasteiger partial charge in [0, 0.05) is 23.8 Å². The predicted octanol–water partition coefficient (Wildman–Crippen LogP) is 3.97. The van der Waals surface area contributed by atoms with Crippen LogP contribution >= 0.6 is 12.4 Å². The zero-order chi connectivity index (χ0) is 20.2. The topological polar surface area (TPSA) is 82.2 Å². The Labute approximate surface area is 182 Å². The van der Waals surface area contributed by atoms with Gasteiger partial charge in [0.25, 0.3) is 5.91 Å². The Bertz CT molecular complexity index is 965. The standard InChI is InChI=1S/C23H26N4O2.ClH/c1-29-20-13-7-16(8-14-20)22-21(15-27(26-22)19-5-3-2-4-6-19)23(28)25-18-11-9-17(24)10-12-18;/h2-8,13-15,17-18H,9-12,24H2,1H3,(H,25,28);1H. The van der Waals surface area contributed by atoms with E-state index >= 15 is 0 Å². The molecule has 1 aliphatic rings. The third kappa shape index (κ3) is 4.83. The van der Waals surface area contributed by atoms with E-state index in [-0.39, 0.29) is 30.4 Å². The second-order valence-electron chi connectivity index (χ2n) is 7.49. The van der Waals surface area contributed by atoms with Gasteiger partial charge in [0.05, 0.1) is 18.4 Å². The van der Waals surface area contributed by atoms with Crippen LogP contribution in [0.25, 0.3) is 16.9 Å². The molecule has 3 aromatic rings. The first-order chi connectivity index (χ1) is 14.1. The van der Waals surface area contributed by atoms with Gasteiger partial charge in [-0.05, 0) is 62.1 Å². The number of ether oxygens (including phenoxy) is 1. The molecule has 30 heavy (non-hydrogen) atoms. The number of benzene rings is 2. The van der Waals surface area contributed by atoms with E-state index in [9.17, 15) is 4.79 Å². The Kier molecular flexibility index (Phi) is 7.13. The minimum atomic E-state index is -0.0986. The maximum atomic E-state index is 13.1. The Morgan fingerprint density at radius 2 is 1.73 bits per heavy atom. The maximum absolute atomic E-state index is 13.1. The average molecular weight is 427 g/mol. The van der Waals surface area contributed by atoms with Gasteiger partial charge >= 0.3 is 0 Å². The second-order valence-corrected chi connectivity index (χ2v) is 7.49. The van der Waals surface area contributed by atoms with E-state index in [2.05, 4.69) is 5.32 Å². The van der Waals surface area contributed by atoms with E-state index in [0.29, 0.717) is 11.3 Å². The number of amides is 1. The van der Waals surface area contributed by atoms with Gasteiger partial charge in [0.15, 0.2) is 0 Å². The van der Waals surface area contributed by atoms with Crippen molar-refractivity contribution in [3.8, 4) is 22.7 Å². The number of hydrogen-bond donors (Lipinski definition) is 2. The number of nitrogens with two attached hydrogens (primary N) is 1. The number of nitrogens with one attached hydrogen (secondary N) is 1. The molecule has 2 aromatic carbocycles. The molecule has 4 rings (SSSR count). The summed E-state index contributed by atoms with van der Waals surface area (Å²) in [5, 5.41) is 7.91. The van der Waals surface area contributed by atoms with Gasteiger partial charge in [-0.3, -0.25) is 4.79 Å². The molecule has 1 aromatic heterocycles. The number of halogens is 1. The van der Waals surface area contributed by atoms with Gasteiger partial charge in [0.1, 0.15) is 11.4 Å². The molecule has 0 radical (unpaired) electrons. The van der Waals surface area contributed by atoms with Crippen LogP contribution in [0.5, 0.6) is 5.75 Å². The summed E-state index contributed by atoms with van der Waals surface area (Å²) >= 11 is 0. The molecule has 0 unspecified atom stereocenters. The second kappa shape index (κ2) is 9.78. The zero-order valence-electron chi connectivity index (χ0n) is 17.0. The Morgan fingerprint density at radius 1 is 1.07 bits per heavy atom. The molecule has 1 fully saturated rings. The lowest BCUT2D eigenvalue weighted by Crippen LogP contribution is -2.40. The summed E-state index contributed by atoms with van der Waals surface area (Å²) < 4.78 is 7.01. The van der Waals surface area contributed by atoms with Crippen LogP contribution in [0, 0.1) is 0 Å². The van der Waals surface area contributed by atoms with Crippen molar-refractivity contribution in [3.05, 3.63) is 66.4 Å². The van der Waals surface area contributed by atoms with Gasteiger partial charge in [-0.1, -0.05) is 18.2 Å². The molecule has 0 spiro atoms. The molecule has 6 nitrogen and oxygen atoms in total. The van der Waals surface area contributed by atoms with Crippen LogP contribution in [-0.2, 0) is 0 Å². The molecule has 1 aliphatic carbocycles. The number of carbonyl (C=O) groups excluding carboxylic acids is 1. The largest absolute Gasteiger partial charge is 0.497 e. The molecule has 3 N–H and O–H groups in total. The Balaban J connectivity index is 0.00000256. The van der Waals surface area contributed by atoms with Gasteiger partial charge < -0.3 is 15.8 Å². The lowest BCUT2D eigenvalue weighted by molar-refractivity contribution is 0.0926. The van der Waals surface area contributed by atoms with E-state index < -0.39 is 0 Å². The molecule has 158 valence electrons. The first-order valence-corrected chi connectivity index (χ1v) is 10.00. The van der Waals surface area contributed by atoms with Crippen molar-refractivity contribution in [1.82, 2.24) is 15.1 Å². The summed E-state index contributed by atoms with van der Waals surface area (Å²) in [4.78, 5) is 13.1. The van der Waals surface area contributed by atoms with E-state index in [1.165, 1.54) is 0 Å². The lowest BCUT2D eigenvalue weighted by atomic mass is 9.91. The van der Waals surface area contributed by atoms with Gasteiger partial charge in [-0.15, -0.1) is 12.4 Å². The summed E-state index contributed by atoms with van der Waals surface area (Å²) in [5.41, 5.74) is 8.99. The normalized spacial score (nSPS) is 18.3. The highest BCUT2D eigenvalue weighted by Crippen LogP contribution is 2.26. The molecule has 1 amide bonds. The summed E-state index contributed by atoms with van der Waals surface area (Å²) in [7, 11) is 1.63. The van der Waals surface area contributed by atoms with E-state index in [1.54, 1.807) is 18.0 Å². The van der Waals surface area contributed by atoms with Crippen molar-refractivity contribution in [2.75, 3.05) is 7.11 Å². The number of carbonyl (C=O) groups is 1. The molecular formula is C23H27ClN4O2. The Hall–Kier alpha value is -2.83. The monoisotopic (exact) mass is 426 g/mol. The molecule has 1 heterocycles. The molecular weight excluding hydrogens is 400 g/mol. The highest BCUT2D eigenvalue weighted by atomic mass is 35.5. The number of para-hydroxylation sites is 1. The first kappa shape index (κ1) is 21.9. The van der Waals surface area contributed by atoms with Crippen LogP contribution in [0.2, 0.25) is 0 Å². The third-order valence-electron chi connectivity index (χ3n) is 5.45. The SMILES string of the molecule is COc1ccc(-c2nn(-c3ccccc3)cc2C(=O)NC2CCC(N)CC2)cc1.Cl. The Morgan fingerprint density at radius 3 is 2.37 bits per heavy atom. The van der Waals surface area contributed by atoms with Gasteiger partial charge in [0.2, 0.25) is 0 Å². The summed E-state index contributed by atoms with van der Waals surface area (Å²) in [6.07, 6.45) is 5.52. The fraction of sp³-hybridized carbons (Fsp3) is 0.304. The third-order valence-corrected chi connectivity index (χ3v) is 5.45. The molecule has 0 bridgehead atoms. The molecule has 0 atom stereocenters. The van der Waals surface area contributed by atoms with E-state index in [0.717, 1.165) is 42.7 Å². The summed E-state index contributed by atoms with van der Waals surface area (Å²) in [6.45, 7) is 0. The van der Waals surface area contributed by atoms with Crippen LogP contribution in [-0.4, -0.2) is 34.9 Å². The number of aromatic nitrogens is 2. The molecule has 7 heteroatoms. The number of nitrogens with zero attached hydrogens (tertiary/aromatic N) is 2. The van der Waals surface area contributed by atoms with Crippen LogP contribution in [0.15, 0.2) is 60.8 Å². The number of hydrogen-bond acceptors (Lipinski definition) is 4. The minimum absolute atomic E-state index is 0. The van der Waals surface area contributed by atoms with Gasteiger partial charge in [-0.25, -0.2) is 4.68 Å². The van der Waals surface area contributed by atoms with Crippen LogP contribution in [0.1, 0.15) is 36.0 Å². The highest BCUT2D eigenvalue weighted by Gasteiger charge is 2.24. The fourth-order valence-electron chi connectivity index (χ4n) is 3.74. The van der Waals surface area contributed by atoms with Crippen LogP contribution < -0.4 is 15.8 Å². The van der Waals surface area contributed by atoms with Crippen molar-refractivity contribution >= 4 is 18.3 Å². The van der Waals surface area contributed by atoms with Crippen molar-refractivity contribution in [3.63, 3.8) is 0 Å². The zero-order valence-corrected chi connectivity index (χ0v) is 17.8. The van der Waals surface area contributed by atoms with Crippen molar-refractivity contribution in [1.29, 1.82) is 0 Å². The van der Waals surface area contributed by atoms with E-state index in [4.69, 9.17) is 15.6 Å². The lowest BCUT2D eigenvalue weighted by Gasteiger charge is -2.26. The molecule has 1 saturated carbocycles. The number of methoxy groups -OCH3 is 1. The maximum Gasteiger partial charge on any atom is 0.255 e. The summed E-state index contributed by atoms with van der Waals surface area (Å²) in [5.74, 6) is 0.666. The van der Waals surface area contributed by atoms with Gasteiger partial charge in [-0.2, -0.15) is 5.10 Å². The quantitative estimate of drug-likeness (QED) is 0.646. The number of rotatable bonds is 5. The van der Waals surface area contributed by atoms with Crippen molar-refractivity contribution in [2.24, 2.45) is 5.73 Å². The predicted molar refractivity (Wildman–Crippen MR) is 120 cm³/mol. The first-order valence-electron chi connectivity index (χ1n) is 10.00. The van der Waals surface area contributed by atoms with E-state index in [1.807, 2.05) is 54.6 Å². The van der Waals surface area contributed by atoms with Crippen LogP contribution in [0.4, 0.5) is 0 Å². The van der Waals surface area contributed by atoms with Crippen LogP contribution in [0.3, 0.4) is 0 Å².